The molecule has 4 rings (SSSR count). The first-order chi connectivity index (χ1) is 15.5. The van der Waals surface area contributed by atoms with E-state index in [9.17, 15) is 14.0 Å². The Morgan fingerprint density at radius 3 is 2.50 bits per heavy atom. The highest BCUT2D eigenvalue weighted by atomic mass is 19.1. The van der Waals surface area contributed by atoms with E-state index in [4.69, 9.17) is 10.5 Å². The first-order valence-electron chi connectivity index (χ1n) is 11.5. The molecule has 1 saturated heterocycles. The van der Waals surface area contributed by atoms with Crippen molar-refractivity contribution in [1.82, 2.24) is 4.90 Å². The minimum absolute atomic E-state index is 0.0379. The van der Waals surface area contributed by atoms with Gasteiger partial charge in [-0.15, -0.1) is 0 Å². The van der Waals surface area contributed by atoms with E-state index in [0.717, 1.165) is 51.6 Å². The fourth-order valence-corrected chi connectivity index (χ4v) is 5.94. The Morgan fingerprint density at radius 1 is 1.09 bits per heavy atom. The molecule has 1 heterocycles. The van der Waals surface area contributed by atoms with Crippen LogP contribution in [0, 0.1) is 17.7 Å². The van der Waals surface area contributed by atoms with Crippen molar-refractivity contribution in [2.24, 2.45) is 17.6 Å². The Hall–Kier alpha value is -2.73. The molecule has 1 aliphatic carbocycles. The van der Waals surface area contributed by atoms with Crippen molar-refractivity contribution in [2.75, 3.05) is 13.1 Å². The second-order valence-corrected chi connectivity index (χ2v) is 9.11. The molecule has 1 amide bonds. The second kappa shape index (κ2) is 9.82. The maximum atomic E-state index is 14.3. The summed E-state index contributed by atoms with van der Waals surface area (Å²) in [5.41, 5.74) is 6.38. The summed E-state index contributed by atoms with van der Waals surface area (Å²) in [6.07, 6.45) is 3.67. The molecular weight excluding hydrogens is 407 g/mol. The van der Waals surface area contributed by atoms with Crippen LogP contribution in [0.4, 0.5) is 9.18 Å². The number of benzene rings is 2. The summed E-state index contributed by atoms with van der Waals surface area (Å²) in [5, 5.41) is 0. The summed E-state index contributed by atoms with van der Waals surface area (Å²) in [6.45, 7) is 2.59. The number of amides is 1. The molecule has 5 nitrogen and oxygen atoms in total. The van der Waals surface area contributed by atoms with Crippen LogP contribution in [-0.4, -0.2) is 36.5 Å². The Kier molecular flexibility index (Phi) is 6.89. The summed E-state index contributed by atoms with van der Waals surface area (Å²) >= 11 is 0. The number of aldehydes is 1. The third kappa shape index (κ3) is 4.56. The highest BCUT2D eigenvalue weighted by Gasteiger charge is 2.52. The summed E-state index contributed by atoms with van der Waals surface area (Å²) in [5.74, 6) is -0.531. The minimum Gasteiger partial charge on any atom is -0.446 e. The van der Waals surface area contributed by atoms with Gasteiger partial charge in [-0.1, -0.05) is 42.5 Å². The fraction of sp³-hybridized carbons (Fsp3) is 0.462. The number of likely N-dealkylation sites (tertiary alicyclic amines) is 1. The Labute approximate surface area is 188 Å². The summed E-state index contributed by atoms with van der Waals surface area (Å²) in [4.78, 5) is 26.9. The maximum absolute atomic E-state index is 14.3. The summed E-state index contributed by atoms with van der Waals surface area (Å²) in [6, 6.07) is 16.7. The number of nitrogens with zero attached hydrogens (tertiary/aromatic N) is 1. The Bertz CT molecular complexity index is 930. The van der Waals surface area contributed by atoms with Gasteiger partial charge in [-0.2, -0.15) is 0 Å². The van der Waals surface area contributed by atoms with E-state index < -0.39 is 17.6 Å². The van der Waals surface area contributed by atoms with Crippen molar-refractivity contribution in [3.63, 3.8) is 0 Å². The lowest BCUT2D eigenvalue weighted by molar-refractivity contribution is -0.120. The van der Waals surface area contributed by atoms with Crippen molar-refractivity contribution in [2.45, 2.75) is 50.2 Å². The normalized spacial score (nSPS) is 24.0. The van der Waals surface area contributed by atoms with Crippen LogP contribution in [0.1, 0.15) is 43.2 Å². The third-order valence-electron chi connectivity index (χ3n) is 7.37. The van der Waals surface area contributed by atoms with E-state index in [1.54, 1.807) is 6.07 Å². The molecule has 0 spiro atoms. The van der Waals surface area contributed by atoms with Crippen LogP contribution < -0.4 is 5.73 Å². The van der Waals surface area contributed by atoms with Crippen LogP contribution in [0.5, 0.6) is 0 Å². The van der Waals surface area contributed by atoms with Gasteiger partial charge in [0.15, 0.2) is 0 Å². The number of hydrogen-bond acceptors (Lipinski definition) is 4. The average Bonchev–Trinajstić information content (AvgIpc) is 3.24. The van der Waals surface area contributed by atoms with Gasteiger partial charge in [-0.05, 0) is 74.4 Å². The number of carbonyl (C=O) groups excluding carboxylic acids is 2. The molecule has 0 radical (unpaired) electrons. The largest absolute Gasteiger partial charge is 0.446 e. The van der Waals surface area contributed by atoms with Crippen molar-refractivity contribution in [3.8, 4) is 0 Å². The third-order valence-corrected chi connectivity index (χ3v) is 7.37. The number of rotatable bonds is 7. The molecule has 1 unspecified atom stereocenters. The van der Waals surface area contributed by atoms with Gasteiger partial charge in [0.2, 0.25) is 0 Å². The van der Waals surface area contributed by atoms with Gasteiger partial charge >= 0.3 is 6.09 Å². The maximum Gasteiger partial charge on any atom is 0.404 e. The predicted octanol–water partition coefficient (Wildman–Crippen LogP) is 4.44. The molecule has 32 heavy (non-hydrogen) atoms. The van der Waals surface area contributed by atoms with Crippen molar-refractivity contribution >= 4 is 12.4 Å². The molecule has 2 aromatic carbocycles. The zero-order valence-electron chi connectivity index (χ0n) is 18.3. The number of hydrogen-bond donors (Lipinski definition) is 1. The predicted molar refractivity (Wildman–Crippen MR) is 120 cm³/mol. The van der Waals surface area contributed by atoms with Gasteiger partial charge in [0.05, 0.1) is 5.41 Å². The first-order valence-corrected chi connectivity index (χ1v) is 11.5. The van der Waals surface area contributed by atoms with E-state index in [0.29, 0.717) is 12.0 Å². The summed E-state index contributed by atoms with van der Waals surface area (Å²) < 4.78 is 19.7. The number of nitrogens with two attached hydrogens (primary N) is 1. The Balaban J connectivity index is 1.61. The monoisotopic (exact) mass is 438 g/mol. The number of halogens is 1. The molecule has 0 aromatic heterocycles. The lowest BCUT2D eigenvalue weighted by Gasteiger charge is -2.46. The summed E-state index contributed by atoms with van der Waals surface area (Å²) in [7, 11) is 0. The van der Waals surface area contributed by atoms with Crippen LogP contribution >= 0.6 is 0 Å². The quantitative estimate of drug-likeness (QED) is 0.649. The van der Waals surface area contributed by atoms with Crippen molar-refractivity contribution in [3.05, 3.63) is 71.5 Å². The minimum atomic E-state index is -0.905. The second-order valence-electron chi connectivity index (χ2n) is 9.11. The van der Waals surface area contributed by atoms with E-state index >= 15 is 0 Å². The lowest BCUT2D eigenvalue weighted by atomic mass is 9.59. The van der Waals surface area contributed by atoms with Crippen LogP contribution in [0.3, 0.4) is 0 Å². The van der Waals surface area contributed by atoms with Crippen LogP contribution in [0.2, 0.25) is 0 Å². The fourth-order valence-electron chi connectivity index (χ4n) is 5.94. The van der Waals surface area contributed by atoms with Crippen molar-refractivity contribution in [1.29, 1.82) is 0 Å². The first kappa shape index (κ1) is 22.5. The standard InChI is InChI=1S/C26H31FN2O3/c27-22-9-4-8-21(16-22)26(18-30,23-10-5-11-24(23)32-25(28)31)20-12-14-29(15-13-20)17-19-6-2-1-3-7-19/h1-4,6-9,16,18,20,23-24H,5,10-15,17H2,(H2,28,31)/t23-,24-,26?/m0/s1. The molecule has 2 N–H and O–H groups in total. The molecule has 6 heteroatoms. The van der Waals surface area contributed by atoms with Crippen LogP contribution in [0.25, 0.3) is 0 Å². The number of primary amides is 1. The number of piperidine rings is 1. The van der Waals surface area contributed by atoms with Crippen LogP contribution in [-0.2, 0) is 21.5 Å². The van der Waals surface area contributed by atoms with Gasteiger partial charge in [0.25, 0.3) is 0 Å². The molecule has 1 aliphatic heterocycles. The van der Waals surface area contributed by atoms with Gasteiger partial charge in [0, 0.05) is 12.5 Å². The molecule has 1 saturated carbocycles. The van der Waals surface area contributed by atoms with Crippen molar-refractivity contribution < 1.29 is 18.7 Å². The van der Waals surface area contributed by atoms with Gasteiger partial charge in [0.1, 0.15) is 18.2 Å². The van der Waals surface area contributed by atoms with Gasteiger partial charge in [-0.3, -0.25) is 4.90 Å². The zero-order chi connectivity index (χ0) is 22.6. The van der Waals surface area contributed by atoms with E-state index in [1.165, 1.54) is 17.7 Å². The number of carbonyl (C=O) groups is 2. The molecule has 2 aliphatic rings. The molecule has 2 aromatic rings. The lowest BCUT2D eigenvalue weighted by Crippen LogP contribution is -2.51. The molecule has 170 valence electrons. The van der Waals surface area contributed by atoms with Gasteiger partial charge < -0.3 is 15.3 Å². The molecule has 0 bridgehead atoms. The van der Waals surface area contributed by atoms with E-state index in [-0.39, 0.29) is 17.7 Å². The highest BCUT2D eigenvalue weighted by Crippen LogP contribution is 2.50. The van der Waals surface area contributed by atoms with Crippen LogP contribution in [0.15, 0.2) is 54.6 Å². The average molecular weight is 439 g/mol. The molecule has 2 fully saturated rings. The zero-order valence-corrected chi connectivity index (χ0v) is 18.3. The molecular formula is C26H31FN2O3. The van der Waals surface area contributed by atoms with E-state index in [1.807, 2.05) is 24.3 Å². The highest BCUT2D eigenvalue weighted by molar-refractivity contribution is 5.71. The topological polar surface area (TPSA) is 72.6 Å². The number of ether oxygens (including phenoxy) is 1. The SMILES string of the molecule is NC(=O)O[C@H]1CCC[C@@H]1C(C=O)(c1cccc(F)c1)C1CCN(Cc2ccccc2)CC1. The smallest absolute Gasteiger partial charge is 0.404 e. The van der Waals surface area contributed by atoms with Gasteiger partial charge in [-0.25, -0.2) is 9.18 Å². The molecule has 3 atom stereocenters. The Morgan fingerprint density at radius 2 is 1.84 bits per heavy atom. The van der Waals surface area contributed by atoms with E-state index in [2.05, 4.69) is 17.0 Å².